The van der Waals surface area contributed by atoms with Gasteiger partial charge in [0.2, 0.25) is 0 Å². The Bertz CT molecular complexity index is 979. The van der Waals surface area contributed by atoms with E-state index in [1.54, 1.807) is 29.3 Å². The van der Waals surface area contributed by atoms with Crippen molar-refractivity contribution in [1.29, 1.82) is 0 Å². The highest BCUT2D eigenvalue weighted by Gasteiger charge is 2.46. The molecular formula is C22H24ClN3S2. The van der Waals surface area contributed by atoms with Gasteiger partial charge in [0.05, 0.1) is 15.4 Å². The smallest absolute Gasteiger partial charge is 0.155 e. The molecule has 2 aromatic heterocycles. The Morgan fingerprint density at radius 3 is 2.71 bits per heavy atom. The van der Waals surface area contributed by atoms with Crippen molar-refractivity contribution in [2.45, 2.75) is 62.7 Å². The maximum Gasteiger partial charge on any atom is 0.155 e. The highest BCUT2D eigenvalue weighted by molar-refractivity contribution is 8.15. The van der Waals surface area contributed by atoms with Crippen LogP contribution in [-0.2, 0) is 5.54 Å². The first-order valence-corrected chi connectivity index (χ1v) is 11.7. The molecule has 1 fully saturated rings. The van der Waals surface area contributed by atoms with E-state index in [0.29, 0.717) is 5.17 Å². The Hall–Kier alpha value is -1.48. The van der Waals surface area contributed by atoms with E-state index in [1.807, 2.05) is 19.2 Å². The Labute approximate surface area is 180 Å². The van der Waals surface area contributed by atoms with Gasteiger partial charge in [0.15, 0.2) is 5.17 Å². The van der Waals surface area contributed by atoms with Crippen molar-refractivity contribution in [2.24, 2.45) is 10.7 Å². The molecule has 1 aliphatic heterocycles. The van der Waals surface area contributed by atoms with Gasteiger partial charge >= 0.3 is 0 Å². The van der Waals surface area contributed by atoms with Crippen molar-refractivity contribution in [3.63, 3.8) is 0 Å². The predicted octanol–water partition coefficient (Wildman–Crippen LogP) is 6.20. The second kappa shape index (κ2) is 7.74. The maximum absolute atomic E-state index is 6.74. The largest absolute Gasteiger partial charge is 0.378 e. The number of rotatable bonds is 2. The Morgan fingerprint density at radius 1 is 1.18 bits per heavy atom. The van der Waals surface area contributed by atoms with Crippen LogP contribution >= 0.6 is 34.7 Å². The van der Waals surface area contributed by atoms with Crippen LogP contribution in [0.5, 0.6) is 0 Å². The first-order chi connectivity index (χ1) is 13.4. The molecule has 6 heteroatoms. The van der Waals surface area contributed by atoms with Gasteiger partial charge in [-0.3, -0.25) is 9.98 Å². The second-order valence-corrected chi connectivity index (χ2v) is 10.8. The minimum Gasteiger partial charge on any atom is -0.378 e. The van der Waals surface area contributed by atoms with Crippen LogP contribution in [0.1, 0.15) is 62.8 Å². The third-order valence-electron chi connectivity index (χ3n) is 5.58. The zero-order valence-electron chi connectivity index (χ0n) is 16.2. The van der Waals surface area contributed by atoms with Crippen LogP contribution in [0, 0.1) is 11.8 Å². The summed E-state index contributed by atoms with van der Waals surface area (Å²) < 4.78 is 0.199. The van der Waals surface area contributed by atoms with Crippen LogP contribution in [0.25, 0.3) is 10.4 Å². The van der Waals surface area contributed by atoms with E-state index in [0.717, 1.165) is 32.3 Å². The van der Waals surface area contributed by atoms with E-state index in [2.05, 4.69) is 29.8 Å². The molecule has 28 heavy (non-hydrogen) atoms. The fraction of sp³-hybridized carbons (Fsp3) is 0.455. The lowest BCUT2D eigenvalue weighted by Crippen LogP contribution is -2.42. The lowest BCUT2D eigenvalue weighted by molar-refractivity contribution is 0.306. The van der Waals surface area contributed by atoms with E-state index in [4.69, 9.17) is 22.3 Å². The minimum atomic E-state index is -0.374. The van der Waals surface area contributed by atoms with E-state index in [-0.39, 0.29) is 10.3 Å². The first kappa shape index (κ1) is 19.8. The molecule has 1 spiro atoms. The second-order valence-electron chi connectivity index (χ2n) is 7.87. The average Bonchev–Trinajstić information content (AvgIpc) is 3.05. The lowest BCUT2D eigenvalue weighted by Gasteiger charge is -2.45. The molecule has 1 atom stereocenters. The van der Waals surface area contributed by atoms with Crippen molar-refractivity contribution in [3.8, 4) is 22.3 Å². The van der Waals surface area contributed by atoms with Crippen LogP contribution in [-0.4, -0.2) is 14.9 Å². The molecular weight excluding hydrogens is 406 g/mol. The molecule has 2 aliphatic rings. The van der Waals surface area contributed by atoms with Crippen LogP contribution in [0.3, 0.4) is 0 Å². The Balaban J connectivity index is 1.72. The van der Waals surface area contributed by atoms with Gasteiger partial charge < -0.3 is 5.73 Å². The topological polar surface area (TPSA) is 51.3 Å². The quantitative estimate of drug-likeness (QED) is 0.577. The molecule has 0 bridgehead atoms. The van der Waals surface area contributed by atoms with Gasteiger partial charge in [-0.1, -0.05) is 48.5 Å². The highest BCUT2D eigenvalue weighted by atomic mass is 35.5. The summed E-state index contributed by atoms with van der Waals surface area (Å²) in [6, 6.07) is 4.10. The van der Waals surface area contributed by atoms with E-state index in [1.165, 1.54) is 32.1 Å². The number of thiophene rings is 1. The lowest BCUT2D eigenvalue weighted by atomic mass is 9.78. The molecule has 0 unspecified atom stereocenters. The van der Waals surface area contributed by atoms with Crippen molar-refractivity contribution in [2.75, 3.05) is 0 Å². The molecule has 0 saturated heterocycles. The van der Waals surface area contributed by atoms with Crippen molar-refractivity contribution in [1.82, 2.24) is 4.98 Å². The monoisotopic (exact) mass is 429 g/mol. The van der Waals surface area contributed by atoms with Crippen molar-refractivity contribution < 1.29 is 0 Å². The van der Waals surface area contributed by atoms with Crippen LogP contribution in [0.4, 0.5) is 0 Å². The predicted molar refractivity (Wildman–Crippen MR) is 122 cm³/mol. The number of aromatic nitrogens is 1. The third-order valence-corrected chi connectivity index (χ3v) is 8.71. The number of hydrogen-bond acceptors (Lipinski definition) is 5. The van der Waals surface area contributed by atoms with E-state index >= 15 is 0 Å². The van der Waals surface area contributed by atoms with Crippen LogP contribution in [0.2, 0.25) is 5.02 Å². The molecule has 0 amide bonds. The number of hydrogen-bond donors (Lipinski definition) is 1. The molecule has 0 aromatic carbocycles. The van der Waals surface area contributed by atoms with Crippen molar-refractivity contribution in [3.05, 3.63) is 40.0 Å². The number of nitrogens with zero attached hydrogens (tertiary/aromatic N) is 2. The van der Waals surface area contributed by atoms with Gasteiger partial charge in [-0.15, -0.1) is 17.3 Å². The molecule has 3 nitrogen and oxygen atoms in total. The summed E-state index contributed by atoms with van der Waals surface area (Å²) in [5.41, 5.74) is 7.90. The number of thioether (sulfide) groups is 1. The van der Waals surface area contributed by atoms with Crippen LogP contribution in [0.15, 0.2) is 29.5 Å². The van der Waals surface area contributed by atoms with Gasteiger partial charge in [0, 0.05) is 33.1 Å². The Morgan fingerprint density at radius 2 is 1.96 bits per heavy atom. The third kappa shape index (κ3) is 3.83. The molecule has 3 heterocycles. The zero-order chi connectivity index (χ0) is 19.8. The summed E-state index contributed by atoms with van der Waals surface area (Å²) in [6.07, 6.45) is 10.9. The van der Waals surface area contributed by atoms with E-state index in [9.17, 15) is 0 Å². The van der Waals surface area contributed by atoms with Crippen LogP contribution < -0.4 is 5.73 Å². The normalized spacial score (nSPS) is 23.8. The fourth-order valence-electron chi connectivity index (χ4n) is 4.46. The summed E-state index contributed by atoms with van der Waals surface area (Å²) in [4.78, 5) is 11.4. The fourth-order valence-corrected chi connectivity index (χ4v) is 7.61. The summed E-state index contributed by atoms with van der Waals surface area (Å²) in [6.45, 7) is 4.02. The highest BCUT2D eigenvalue weighted by Crippen LogP contribution is 2.54. The zero-order valence-corrected chi connectivity index (χ0v) is 18.6. The summed E-state index contributed by atoms with van der Waals surface area (Å²) >= 11 is 10.2. The molecule has 146 valence electrons. The number of halogens is 1. The van der Waals surface area contributed by atoms with Gasteiger partial charge in [-0.25, -0.2) is 0 Å². The molecule has 4 rings (SSSR count). The molecule has 2 aromatic rings. The van der Waals surface area contributed by atoms with Gasteiger partial charge in [0.1, 0.15) is 0 Å². The summed E-state index contributed by atoms with van der Waals surface area (Å²) in [5.74, 6) is 6.00. The average molecular weight is 430 g/mol. The van der Waals surface area contributed by atoms with Crippen molar-refractivity contribution >= 4 is 39.9 Å². The molecule has 0 radical (unpaired) electrons. The minimum absolute atomic E-state index is 0.199. The standard InChI is InChI=1S/C22H24ClN3S2/c1-3-7-15-10-16(13-25-12-15)18-11-17(23)19(27-18)21(2)14-22(28-20(24)26-21)8-5-4-6-9-22/h10-13H,4-6,8-9,14H2,1-2H3,(H2,24,26)/t21-/m0/s1. The Kier molecular flexibility index (Phi) is 5.48. The molecule has 2 N–H and O–H groups in total. The number of nitrogens with two attached hydrogens (primary N) is 1. The molecule has 1 aliphatic carbocycles. The van der Waals surface area contributed by atoms with Gasteiger partial charge in [-0.05, 0) is 45.2 Å². The summed E-state index contributed by atoms with van der Waals surface area (Å²) in [5, 5.41) is 1.47. The maximum atomic E-state index is 6.74. The summed E-state index contributed by atoms with van der Waals surface area (Å²) in [7, 11) is 0. The number of aliphatic imine (C=N–C) groups is 1. The van der Waals surface area contributed by atoms with E-state index < -0.39 is 0 Å². The van der Waals surface area contributed by atoms with Gasteiger partial charge in [-0.2, -0.15) is 0 Å². The molecule has 1 saturated carbocycles. The first-order valence-electron chi connectivity index (χ1n) is 9.65. The number of amidine groups is 1. The number of pyridine rings is 1. The SMILES string of the molecule is CC#Cc1cncc(-c2cc(Cl)c([C@]3(C)CC4(CCCCC4)SC(N)=N3)s2)c1. The van der Waals surface area contributed by atoms with Gasteiger partial charge in [0.25, 0.3) is 0 Å².